The number of aromatic nitrogens is 2. The van der Waals surface area contributed by atoms with Crippen molar-refractivity contribution in [3.05, 3.63) is 36.7 Å². The fourth-order valence-electron chi connectivity index (χ4n) is 1.53. The maximum absolute atomic E-state index is 12.0. The third-order valence-corrected chi connectivity index (χ3v) is 2.51. The average Bonchev–Trinajstić information content (AvgIpc) is 2.45. The summed E-state index contributed by atoms with van der Waals surface area (Å²) in [5.74, 6) is 0.665. The Kier molecular flexibility index (Phi) is 4.07. The van der Waals surface area contributed by atoms with E-state index in [0.717, 1.165) is 11.1 Å². The van der Waals surface area contributed by atoms with Gasteiger partial charge >= 0.3 is 6.18 Å². The molecule has 2 aromatic heterocycles. The molecule has 0 fully saturated rings. The van der Waals surface area contributed by atoms with Gasteiger partial charge in [-0.15, -0.1) is 0 Å². The number of anilines is 1. The number of nitrogens with zero attached hydrogens (tertiary/aromatic N) is 2. The Morgan fingerprint density at radius 1 is 1.05 bits per heavy atom. The van der Waals surface area contributed by atoms with Gasteiger partial charge in [0.2, 0.25) is 5.88 Å². The molecule has 0 atom stereocenters. The molecule has 2 rings (SSSR count). The number of halogens is 3. The van der Waals surface area contributed by atoms with Crippen molar-refractivity contribution in [2.75, 3.05) is 19.0 Å². The minimum absolute atomic E-state index is 0.174. The molecule has 0 bridgehead atoms. The molecule has 1 N–H and O–H groups in total. The highest BCUT2D eigenvalue weighted by atomic mass is 19.4. The first kappa shape index (κ1) is 14.1. The molecule has 2 aromatic rings. The Bertz CT molecular complexity index is 553. The van der Waals surface area contributed by atoms with Gasteiger partial charge in [0.15, 0.2) is 0 Å². The van der Waals surface area contributed by atoms with Crippen LogP contribution in [0.5, 0.6) is 5.88 Å². The van der Waals surface area contributed by atoms with Crippen molar-refractivity contribution in [1.82, 2.24) is 9.97 Å². The number of alkyl halides is 3. The maximum atomic E-state index is 12.0. The van der Waals surface area contributed by atoms with E-state index in [2.05, 4.69) is 15.3 Å². The molecular weight excluding hydrogens is 271 g/mol. The molecular formula is C13H12F3N3O. The van der Waals surface area contributed by atoms with E-state index in [1.807, 2.05) is 0 Å². The number of hydrogen-bond acceptors (Lipinski definition) is 4. The molecule has 0 saturated carbocycles. The summed E-state index contributed by atoms with van der Waals surface area (Å²) < 4.78 is 41.1. The third kappa shape index (κ3) is 3.84. The molecule has 0 spiro atoms. The lowest BCUT2D eigenvalue weighted by molar-refractivity contribution is -0.115. The Balaban J connectivity index is 2.07. The summed E-state index contributed by atoms with van der Waals surface area (Å²) in [4.78, 5) is 7.98. The fourth-order valence-corrected chi connectivity index (χ4v) is 1.53. The van der Waals surface area contributed by atoms with Gasteiger partial charge in [-0.3, -0.25) is 0 Å². The second-order valence-electron chi connectivity index (χ2n) is 3.99. The van der Waals surface area contributed by atoms with Crippen LogP contribution in [0.2, 0.25) is 0 Å². The second-order valence-corrected chi connectivity index (χ2v) is 3.99. The Labute approximate surface area is 113 Å². The summed E-state index contributed by atoms with van der Waals surface area (Å²) in [6.07, 6.45) is -1.17. The molecule has 0 aliphatic heterocycles. The van der Waals surface area contributed by atoms with E-state index < -0.39 is 12.7 Å². The van der Waals surface area contributed by atoms with Crippen molar-refractivity contribution < 1.29 is 17.9 Å². The van der Waals surface area contributed by atoms with E-state index in [4.69, 9.17) is 4.74 Å². The molecule has 0 aliphatic rings. The van der Waals surface area contributed by atoms with E-state index >= 15 is 0 Å². The Morgan fingerprint density at radius 3 is 2.15 bits per heavy atom. The minimum Gasteiger partial charge on any atom is -0.481 e. The molecule has 0 unspecified atom stereocenters. The summed E-state index contributed by atoms with van der Waals surface area (Å²) in [6.45, 7) is -1.11. The van der Waals surface area contributed by atoms with Crippen LogP contribution in [-0.2, 0) is 0 Å². The quantitative estimate of drug-likeness (QED) is 0.936. The van der Waals surface area contributed by atoms with Gasteiger partial charge in [0.25, 0.3) is 0 Å². The van der Waals surface area contributed by atoms with Gasteiger partial charge in [-0.1, -0.05) is 0 Å². The third-order valence-electron chi connectivity index (χ3n) is 2.51. The molecule has 2 heterocycles. The summed E-state index contributed by atoms with van der Waals surface area (Å²) in [7, 11) is 1.52. The largest absolute Gasteiger partial charge is 0.481 e. The molecule has 106 valence electrons. The summed E-state index contributed by atoms with van der Waals surface area (Å²) in [5.41, 5.74) is 1.57. The lowest BCUT2D eigenvalue weighted by Gasteiger charge is -2.09. The van der Waals surface area contributed by atoms with Crippen LogP contribution in [0.1, 0.15) is 0 Å². The van der Waals surface area contributed by atoms with E-state index in [9.17, 15) is 13.2 Å². The molecule has 0 aliphatic carbocycles. The van der Waals surface area contributed by atoms with E-state index in [-0.39, 0.29) is 5.82 Å². The van der Waals surface area contributed by atoms with Crippen LogP contribution in [0.3, 0.4) is 0 Å². The van der Waals surface area contributed by atoms with Crippen LogP contribution < -0.4 is 10.1 Å². The van der Waals surface area contributed by atoms with Crippen LogP contribution in [0, 0.1) is 0 Å². The molecule has 0 aromatic carbocycles. The van der Waals surface area contributed by atoms with Gasteiger partial charge in [0.05, 0.1) is 7.11 Å². The number of rotatable bonds is 4. The zero-order valence-electron chi connectivity index (χ0n) is 10.6. The normalized spacial score (nSPS) is 11.2. The van der Waals surface area contributed by atoms with Crippen LogP contribution in [0.25, 0.3) is 11.1 Å². The molecule has 20 heavy (non-hydrogen) atoms. The fraction of sp³-hybridized carbons (Fsp3) is 0.231. The minimum atomic E-state index is -4.26. The highest BCUT2D eigenvalue weighted by Crippen LogP contribution is 2.21. The summed E-state index contributed by atoms with van der Waals surface area (Å²) in [5, 5.41) is 2.21. The second kappa shape index (κ2) is 5.77. The van der Waals surface area contributed by atoms with Crippen molar-refractivity contribution in [3.63, 3.8) is 0 Å². The first-order valence-corrected chi connectivity index (χ1v) is 5.75. The van der Waals surface area contributed by atoms with Crippen molar-refractivity contribution in [1.29, 1.82) is 0 Å². The zero-order chi connectivity index (χ0) is 14.6. The lowest BCUT2D eigenvalue weighted by atomic mass is 10.1. The van der Waals surface area contributed by atoms with Crippen LogP contribution in [-0.4, -0.2) is 29.8 Å². The van der Waals surface area contributed by atoms with Gasteiger partial charge in [0.1, 0.15) is 12.4 Å². The number of hydrogen-bond donors (Lipinski definition) is 1. The smallest absolute Gasteiger partial charge is 0.405 e. The molecule has 0 saturated heterocycles. The summed E-state index contributed by atoms with van der Waals surface area (Å²) >= 11 is 0. The summed E-state index contributed by atoms with van der Waals surface area (Å²) in [6, 6.07) is 6.66. The number of methoxy groups -OCH3 is 1. The van der Waals surface area contributed by atoms with Gasteiger partial charge < -0.3 is 10.1 Å². The van der Waals surface area contributed by atoms with Gasteiger partial charge in [-0.05, 0) is 18.2 Å². The van der Waals surface area contributed by atoms with Gasteiger partial charge in [-0.2, -0.15) is 13.2 Å². The van der Waals surface area contributed by atoms with E-state index in [1.54, 1.807) is 24.4 Å². The molecule has 4 nitrogen and oxygen atoms in total. The van der Waals surface area contributed by atoms with E-state index in [0.29, 0.717) is 5.88 Å². The van der Waals surface area contributed by atoms with Crippen molar-refractivity contribution in [2.24, 2.45) is 0 Å². The SMILES string of the molecule is COc1ccc(-c2ccc(NCC(F)(F)F)nc2)cn1. The van der Waals surface area contributed by atoms with Crippen molar-refractivity contribution in [3.8, 4) is 17.0 Å². The predicted octanol–water partition coefficient (Wildman–Crippen LogP) is 3.13. The van der Waals surface area contributed by atoms with Crippen LogP contribution >= 0.6 is 0 Å². The molecule has 7 heteroatoms. The number of pyridine rings is 2. The molecule has 0 radical (unpaired) electrons. The monoisotopic (exact) mass is 283 g/mol. The highest BCUT2D eigenvalue weighted by molar-refractivity contribution is 5.63. The van der Waals surface area contributed by atoms with Crippen LogP contribution in [0.15, 0.2) is 36.7 Å². The van der Waals surface area contributed by atoms with E-state index in [1.165, 1.54) is 19.4 Å². The predicted molar refractivity (Wildman–Crippen MR) is 68.6 cm³/mol. The first-order chi connectivity index (χ1) is 9.48. The maximum Gasteiger partial charge on any atom is 0.405 e. The Morgan fingerprint density at radius 2 is 1.70 bits per heavy atom. The van der Waals surface area contributed by atoms with Crippen molar-refractivity contribution >= 4 is 5.82 Å². The Hall–Kier alpha value is -2.31. The zero-order valence-corrected chi connectivity index (χ0v) is 10.6. The van der Waals surface area contributed by atoms with Crippen LogP contribution in [0.4, 0.5) is 19.0 Å². The molecule has 0 amide bonds. The first-order valence-electron chi connectivity index (χ1n) is 5.75. The van der Waals surface area contributed by atoms with Gasteiger partial charge in [-0.25, -0.2) is 9.97 Å². The highest BCUT2D eigenvalue weighted by Gasteiger charge is 2.26. The average molecular weight is 283 g/mol. The lowest BCUT2D eigenvalue weighted by Crippen LogP contribution is -2.21. The van der Waals surface area contributed by atoms with Crippen molar-refractivity contribution in [2.45, 2.75) is 6.18 Å². The standard InChI is InChI=1S/C13H12F3N3O/c1-20-12-5-3-10(7-18-12)9-2-4-11(17-6-9)19-8-13(14,15)16/h2-7H,8H2,1H3,(H,17,19). The topological polar surface area (TPSA) is 47.0 Å². The number of nitrogens with one attached hydrogen (secondary N) is 1. The number of ether oxygens (including phenoxy) is 1. The van der Waals surface area contributed by atoms with Gasteiger partial charge in [0, 0.05) is 29.6 Å².